The molecule has 0 saturated heterocycles. The Morgan fingerprint density at radius 2 is 2.12 bits per heavy atom. The third kappa shape index (κ3) is 4.68. The first-order valence-corrected chi connectivity index (χ1v) is 8.20. The lowest BCUT2D eigenvalue weighted by atomic mass is 10.2. The molecule has 1 atom stereocenters. The summed E-state index contributed by atoms with van der Waals surface area (Å²) in [6.45, 7) is 4.01. The van der Waals surface area contributed by atoms with Gasteiger partial charge in [0.05, 0.1) is 0 Å². The van der Waals surface area contributed by atoms with Crippen molar-refractivity contribution in [1.29, 1.82) is 0 Å². The molecule has 4 nitrogen and oxygen atoms in total. The van der Waals surface area contributed by atoms with Crippen LogP contribution < -0.4 is 0 Å². The minimum Gasteiger partial charge on any atom is -0.472 e. The molecule has 1 N–H and O–H groups in total. The molecule has 1 aromatic rings. The first-order valence-electron chi connectivity index (χ1n) is 7.83. The van der Waals surface area contributed by atoms with E-state index in [2.05, 4.69) is 4.99 Å². The first kappa shape index (κ1) is 18.7. The molecule has 0 fully saturated rings. The van der Waals surface area contributed by atoms with E-state index < -0.39 is 11.6 Å². The van der Waals surface area contributed by atoms with Crippen LogP contribution in [0, 0.1) is 11.6 Å². The van der Waals surface area contributed by atoms with Gasteiger partial charge in [-0.2, -0.15) is 0 Å². The van der Waals surface area contributed by atoms with E-state index in [0.717, 1.165) is 6.07 Å². The fourth-order valence-corrected chi connectivity index (χ4v) is 2.62. The van der Waals surface area contributed by atoms with Crippen LogP contribution in [0.2, 0.25) is 0 Å². The molecule has 2 rings (SSSR count). The molecule has 1 aromatic carbocycles. The lowest BCUT2D eigenvalue weighted by molar-refractivity contribution is 0.188. The highest BCUT2D eigenvalue weighted by Gasteiger charge is 2.25. The van der Waals surface area contributed by atoms with Gasteiger partial charge >= 0.3 is 0 Å². The molecule has 0 saturated carbocycles. The summed E-state index contributed by atoms with van der Waals surface area (Å²) in [5, 5.41) is 9.36. The Morgan fingerprint density at radius 1 is 1.38 bits per heavy atom. The number of benzene rings is 1. The summed E-state index contributed by atoms with van der Waals surface area (Å²) in [5.74, 6) is -1.09. The molecule has 0 spiro atoms. The number of aliphatic hydroxyl groups is 1. The summed E-state index contributed by atoms with van der Waals surface area (Å²) in [7, 11) is 0. The molecule has 1 unspecified atom stereocenters. The summed E-state index contributed by atoms with van der Waals surface area (Å²) in [4.78, 5) is 6.47. The molecule has 0 amide bonds. The summed E-state index contributed by atoms with van der Waals surface area (Å²) in [5.41, 5.74) is 0.224. The fourth-order valence-electron chi connectivity index (χ4n) is 2.41. The van der Waals surface area contributed by atoms with Gasteiger partial charge in [-0.15, -0.1) is 0 Å². The van der Waals surface area contributed by atoms with Crippen LogP contribution in [-0.4, -0.2) is 34.7 Å². The smallest absolute Gasteiger partial charge is 0.231 e. The maximum Gasteiger partial charge on any atom is 0.231 e. The Kier molecular flexibility index (Phi) is 6.57. The van der Waals surface area contributed by atoms with Crippen molar-refractivity contribution in [3.05, 3.63) is 46.6 Å². The fraction of sp³-hybridized carbons (Fsp3) is 0.471. The molecule has 0 bridgehead atoms. The molecule has 1 aliphatic heterocycles. The number of hydrogen-bond donors (Lipinski definition) is 1. The highest BCUT2D eigenvalue weighted by atomic mass is 35.5. The SMILES string of the molecule is CC(C)N1C=C(Cl)C(OCc2ccc(F)cc2F)=NC1CCCO. The van der Waals surface area contributed by atoms with Crippen LogP contribution in [0.4, 0.5) is 8.78 Å². The Balaban J connectivity index is 2.11. The van der Waals surface area contributed by atoms with Gasteiger partial charge in [-0.3, -0.25) is 0 Å². The number of aliphatic imine (C=N–C) groups is 1. The van der Waals surface area contributed by atoms with Gasteiger partial charge in [0.2, 0.25) is 5.90 Å². The lowest BCUT2D eigenvalue weighted by Crippen LogP contribution is -2.39. The van der Waals surface area contributed by atoms with Gasteiger partial charge in [0.15, 0.2) is 0 Å². The highest BCUT2D eigenvalue weighted by molar-refractivity contribution is 6.42. The molecule has 24 heavy (non-hydrogen) atoms. The molecule has 0 aliphatic carbocycles. The number of ether oxygens (including phenoxy) is 1. The second-order valence-electron chi connectivity index (χ2n) is 5.82. The molecular formula is C17H21ClF2N2O2. The van der Waals surface area contributed by atoms with E-state index in [4.69, 9.17) is 21.4 Å². The highest BCUT2D eigenvalue weighted by Crippen LogP contribution is 2.24. The second-order valence-corrected chi connectivity index (χ2v) is 6.23. The zero-order valence-corrected chi connectivity index (χ0v) is 14.4. The van der Waals surface area contributed by atoms with Crippen molar-refractivity contribution < 1.29 is 18.6 Å². The molecule has 132 valence electrons. The lowest BCUT2D eigenvalue weighted by Gasteiger charge is -2.35. The number of aliphatic hydroxyl groups excluding tert-OH is 1. The standard InChI is InChI=1S/C17H21ClF2N2O2/c1-11(2)22-9-14(18)17(21-16(22)4-3-7-23)24-10-12-5-6-13(19)8-15(12)20/h5-6,8-9,11,16,23H,3-4,7,10H2,1-2H3. The van der Waals surface area contributed by atoms with Gasteiger partial charge in [0.1, 0.15) is 29.4 Å². The summed E-state index contributed by atoms with van der Waals surface area (Å²) < 4.78 is 32.1. The van der Waals surface area contributed by atoms with Crippen molar-refractivity contribution in [2.75, 3.05) is 6.61 Å². The number of rotatable bonds is 6. The minimum absolute atomic E-state index is 0.0758. The van der Waals surface area contributed by atoms with Gasteiger partial charge in [-0.25, -0.2) is 13.8 Å². The normalized spacial score (nSPS) is 17.8. The zero-order chi connectivity index (χ0) is 17.7. The van der Waals surface area contributed by atoms with E-state index in [9.17, 15) is 8.78 Å². The summed E-state index contributed by atoms with van der Waals surface area (Å²) >= 11 is 6.21. The molecule has 0 radical (unpaired) electrons. The molecule has 0 aromatic heterocycles. The van der Waals surface area contributed by atoms with Gasteiger partial charge in [0, 0.05) is 30.5 Å². The molecular weight excluding hydrogens is 338 g/mol. The molecule has 7 heteroatoms. The van der Waals surface area contributed by atoms with E-state index in [1.54, 1.807) is 6.20 Å². The Morgan fingerprint density at radius 3 is 2.75 bits per heavy atom. The van der Waals surface area contributed by atoms with E-state index >= 15 is 0 Å². The van der Waals surface area contributed by atoms with Gasteiger partial charge in [-0.05, 0) is 38.8 Å². The maximum atomic E-state index is 13.7. The van der Waals surface area contributed by atoms with Crippen LogP contribution >= 0.6 is 11.6 Å². The quantitative estimate of drug-likeness (QED) is 0.841. The first-order chi connectivity index (χ1) is 11.4. The van der Waals surface area contributed by atoms with E-state index in [1.165, 1.54) is 12.1 Å². The third-order valence-corrected chi connectivity index (χ3v) is 3.93. The maximum absolute atomic E-state index is 13.7. The zero-order valence-electron chi connectivity index (χ0n) is 13.7. The predicted molar refractivity (Wildman–Crippen MR) is 89.6 cm³/mol. The minimum atomic E-state index is -0.674. The summed E-state index contributed by atoms with van der Waals surface area (Å²) in [6.07, 6.45) is 2.79. The molecule has 1 heterocycles. The number of nitrogens with zero attached hydrogens (tertiary/aromatic N) is 2. The van der Waals surface area contributed by atoms with Gasteiger partial charge in [0.25, 0.3) is 0 Å². The van der Waals surface area contributed by atoms with Crippen LogP contribution in [0.5, 0.6) is 0 Å². The number of halogens is 3. The van der Waals surface area contributed by atoms with Crippen LogP contribution in [0.1, 0.15) is 32.3 Å². The van der Waals surface area contributed by atoms with Gasteiger partial charge in [-0.1, -0.05) is 11.6 Å². The second kappa shape index (κ2) is 8.44. The van der Waals surface area contributed by atoms with E-state index in [1.807, 2.05) is 18.7 Å². The Hall–Kier alpha value is -1.66. The van der Waals surface area contributed by atoms with Crippen molar-refractivity contribution in [1.82, 2.24) is 4.90 Å². The van der Waals surface area contributed by atoms with Crippen molar-refractivity contribution in [2.24, 2.45) is 4.99 Å². The topological polar surface area (TPSA) is 45.1 Å². The Labute approximate surface area is 145 Å². The van der Waals surface area contributed by atoms with Crippen molar-refractivity contribution in [2.45, 2.75) is 45.5 Å². The van der Waals surface area contributed by atoms with Crippen molar-refractivity contribution in [3.8, 4) is 0 Å². The number of hydrogen-bond acceptors (Lipinski definition) is 4. The average molecular weight is 359 g/mol. The average Bonchev–Trinajstić information content (AvgIpc) is 2.53. The Bertz CT molecular complexity index is 635. The largest absolute Gasteiger partial charge is 0.472 e. The third-order valence-electron chi connectivity index (χ3n) is 3.67. The van der Waals surface area contributed by atoms with Crippen LogP contribution in [0.25, 0.3) is 0 Å². The van der Waals surface area contributed by atoms with Crippen LogP contribution in [0.15, 0.2) is 34.4 Å². The monoisotopic (exact) mass is 358 g/mol. The van der Waals surface area contributed by atoms with Gasteiger partial charge < -0.3 is 14.7 Å². The van der Waals surface area contributed by atoms with E-state index in [0.29, 0.717) is 17.9 Å². The predicted octanol–water partition coefficient (Wildman–Crippen LogP) is 3.78. The van der Waals surface area contributed by atoms with Crippen LogP contribution in [0.3, 0.4) is 0 Å². The van der Waals surface area contributed by atoms with Crippen LogP contribution in [-0.2, 0) is 11.3 Å². The summed E-state index contributed by atoms with van der Waals surface area (Å²) in [6, 6.07) is 3.49. The van der Waals surface area contributed by atoms with E-state index in [-0.39, 0.29) is 36.9 Å². The van der Waals surface area contributed by atoms with Crippen molar-refractivity contribution >= 4 is 17.5 Å². The van der Waals surface area contributed by atoms with Crippen molar-refractivity contribution in [3.63, 3.8) is 0 Å². The molecule has 1 aliphatic rings.